The molecule has 0 saturated carbocycles. The molecule has 54 valence electrons. The Labute approximate surface area is 58.9 Å². The molecule has 0 bridgehead atoms. The van der Waals surface area contributed by atoms with Crippen LogP contribution >= 0.6 is 0 Å². The van der Waals surface area contributed by atoms with Gasteiger partial charge < -0.3 is 5.73 Å². The van der Waals surface area contributed by atoms with E-state index in [-0.39, 0.29) is 5.82 Å². The second kappa shape index (κ2) is 2.64. The molecule has 2 N–H and O–H groups in total. The summed E-state index contributed by atoms with van der Waals surface area (Å²) < 4.78 is 12.0. The molecule has 0 aliphatic carbocycles. The summed E-state index contributed by atoms with van der Waals surface area (Å²) in [5, 5.41) is 0. The van der Waals surface area contributed by atoms with E-state index >= 15 is 0 Å². The van der Waals surface area contributed by atoms with Crippen molar-refractivity contribution < 1.29 is 4.39 Å². The molecule has 0 spiro atoms. The van der Waals surface area contributed by atoms with Crippen molar-refractivity contribution in [2.75, 3.05) is 5.73 Å². The van der Waals surface area contributed by atoms with Gasteiger partial charge in [0.05, 0.1) is 0 Å². The van der Waals surface area contributed by atoms with Gasteiger partial charge in [-0.05, 0) is 18.6 Å². The quantitative estimate of drug-likeness (QED) is 0.641. The molecule has 0 radical (unpaired) electrons. The van der Waals surface area contributed by atoms with Gasteiger partial charge in [0, 0.05) is 11.8 Å². The molecule has 1 heterocycles. The lowest BCUT2D eigenvalue weighted by atomic mass is 10.2. The minimum Gasteiger partial charge on any atom is -0.383 e. The largest absolute Gasteiger partial charge is 0.383 e. The van der Waals surface area contributed by atoms with Gasteiger partial charge in [0.25, 0.3) is 0 Å². The number of halogens is 1. The first-order chi connectivity index (χ1) is 4.74. The molecule has 0 atom stereocenters. The molecule has 0 aromatic carbocycles. The third kappa shape index (κ3) is 1.23. The molecule has 3 heteroatoms. The first-order valence-electron chi connectivity index (χ1n) is 3.01. The summed E-state index contributed by atoms with van der Waals surface area (Å²) in [6, 6.07) is 1.70. The summed E-state index contributed by atoms with van der Waals surface area (Å²) in [4.78, 5) is 3.79. The summed E-state index contributed by atoms with van der Waals surface area (Å²) in [5.41, 5.74) is 6.75. The van der Waals surface area contributed by atoms with Crippen molar-refractivity contribution >= 4 is 5.82 Å². The standard InChI is InChI=1S/C7H9FN2/c1-5-2-6(3-8)7(9)10-4-5/h2,4H,3H2,1H3,(H2,9,10). The maximum atomic E-state index is 12.0. The van der Waals surface area contributed by atoms with Crippen molar-refractivity contribution in [3.8, 4) is 0 Å². The van der Waals surface area contributed by atoms with Crippen molar-refractivity contribution in [2.45, 2.75) is 13.6 Å². The number of rotatable bonds is 1. The van der Waals surface area contributed by atoms with Crippen molar-refractivity contribution in [1.29, 1.82) is 0 Å². The number of pyridine rings is 1. The van der Waals surface area contributed by atoms with Crippen LogP contribution in [0.3, 0.4) is 0 Å². The molecular formula is C7H9FN2. The van der Waals surface area contributed by atoms with Crippen molar-refractivity contribution in [2.24, 2.45) is 0 Å². The van der Waals surface area contributed by atoms with Gasteiger partial charge in [-0.1, -0.05) is 0 Å². The minimum atomic E-state index is -0.541. The number of anilines is 1. The Morgan fingerprint density at radius 1 is 1.70 bits per heavy atom. The molecule has 0 unspecified atom stereocenters. The maximum absolute atomic E-state index is 12.0. The number of hydrogen-bond donors (Lipinski definition) is 1. The average molecular weight is 140 g/mol. The minimum absolute atomic E-state index is 0.285. The topological polar surface area (TPSA) is 38.9 Å². The summed E-state index contributed by atoms with van der Waals surface area (Å²) in [6.07, 6.45) is 1.62. The fraction of sp³-hybridized carbons (Fsp3) is 0.286. The molecule has 1 rings (SSSR count). The normalized spacial score (nSPS) is 9.80. The Hall–Kier alpha value is -1.12. The second-order valence-corrected chi connectivity index (χ2v) is 2.19. The molecule has 10 heavy (non-hydrogen) atoms. The Balaban J connectivity index is 3.09. The van der Waals surface area contributed by atoms with Crippen LogP contribution < -0.4 is 5.73 Å². The lowest BCUT2D eigenvalue weighted by molar-refractivity contribution is 0.485. The highest BCUT2D eigenvalue weighted by molar-refractivity contribution is 5.39. The first kappa shape index (κ1) is 6.99. The molecule has 1 aromatic heterocycles. The van der Waals surface area contributed by atoms with E-state index in [0.717, 1.165) is 5.56 Å². The zero-order valence-electron chi connectivity index (χ0n) is 5.76. The Morgan fingerprint density at radius 2 is 2.40 bits per heavy atom. The molecule has 0 aliphatic heterocycles. The van der Waals surface area contributed by atoms with Gasteiger partial charge in [-0.3, -0.25) is 0 Å². The Kier molecular flexibility index (Phi) is 1.85. The highest BCUT2D eigenvalue weighted by Crippen LogP contribution is 2.10. The van der Waals surface area contributed by atoms with Crippen LogP contribution in [0.2, 0.25) is 0 Å². The van der Waals surface area contributed by atoms with E-state index in [1.54, 1.807) is 12.3 Å². The van der Waals surface area contributed by atoms with E-state index in [4.69, 9.17) is 5.73 Å². The van der Waals surface area contributed by atoms with E-state index in [9.17, 15) is 4.39 Å². The molecule has 0 amide bonds. The fourth-order valence-electron chi connectivity index (χ4n) is 0.747. The monoisotopic (exact) mass is 140 g/mol. The second-order valence-electron chi connectivity index (χ2n) is 2.19. The smallest absolute Gasteiger partial charge is 0.129 e. The van der Waals surface area contributed by atoms with Crippen LogP contribution in [-0.4, -0.2) is 4.98 Å². The highest BCUT2D eigenvalue weighted by atomic mass is 19.1. The zero-order valence-corrected chi connectivity index (χ0v) is 5.76. The molecule has 0 saturated heterocycles. The predicted octanol–water partition coefficient (Wildman–Crippen LogP) is 1.44. The van der Waals surface area contributed by atoms with Crippen molar-refractivity contribution in [1.82, 2.24) is 4.98 Å². The van der Waals surface area contributed by atoms with E-state index in [1.165, 1.54) is 0 Å². The van der Waals surface area contributed by atoms with E-state index in [0.29, 0.717) is 5.56 Å². The van der Waals surface area contributed by atoms with Gasteiger partial charge in [-0.15, -0.1) is 0 Å². The van der Waals surface area contributed by atoms with Crippen LogP contribution in [0.25, 0.3) is 0 Å². The third-order valence-corrected chi connectivity index (χ3v) is 1.28. The molecule has 2 nitrogen and oxygen atoms in total. The average Bonchev–Trinajstić information content (AvgIpc) is 1.94. The maximum Gasteiger partial charge on any atom is 0.129 e. The van der Waals surface area contributed by atoms with Gasteiger partial charge in [0.15, 0.2) is 0 Å². The van der Waals surface area contributed by atoms with Crippen LogP contribution in [-0.2, 0) is 6.67 Å². The fourth-order valence-corrected chi connectivity index (χ4v) is 0.747. The number of nitrogens with zero attached hydrogens (tertiary/aromatic N) is 1. The van der Waals surface area contributed by atoms with Crippen LogP contribution in [0.15, 0.2) is 12.3 Å². The Morgan fingerprint density at radius 3 is 2.90 bits per heavy atom. The molecular weight excluding hydrogens is 131 g/mol. The number of nitrogens with two attached hydrogens (primary N) is 1. The van der Waals surface area contributed by atoms with Gasteiger partial charge in [-0.25, -0.2) is 9.37 Å². The summed E-state index contributed by atoms with van der Waals surface area (Å²) in [6.45, 7) is 1.31. The molecule has 0 fully saturated rings. The number of nitrogen functional groups attached to an aromatic ring is 1. The van der Waals surface area contributed by atoms with Gasteiger partial charge in [0.2, 0.25) is 0 Å². The van der Waals surface area contributed by atoms with Gasteiger partial charge >= 0.3 is 0 Å². The van der Waals surface area contributed by atoms with Crippen molar-refractivity contribution in [3.63, 3.8) is 0 Å². The summed E-state index contributed by atoms with van der Waals surface area (Å²) >= 11 is 0. The van der Waals surface area contributed by atoms with Gasteiger partial charge in [-0.2, -0.15) is 0 Å². The van der Waals surface area contributed by atoms with Crippen LogP contribution in [0, 0.1) is 6.92 Å². The lowest BCUT2D eigenvalue weighted by Gasteiger charge is -1.99. The van der Waals surface area contributed by atoms with Crippen LogP contribution in [0.4, 0.5) is 10.2 Å². The number of alkyl halides is 1. The molecule has 0 aliphatic rings. The number of aromatic nitrogens is 1. The van der Waals surface area contributed by atoms with E-state index < -0.39 is 6.67 Å². The Bertz CT molecular complexity index is 235. The SMILES string of the molecule is Cc1cnc(N)c(CF)c1. The van der Waals surface area contributed by atoms with Gasteiger partial charge in [0.1, 0.15) is 12.5 Å². The zero-order chi connectivity index (χ0) is 7.56. The molecule has 1 aromatic rings. The van der Waals surface area contributed by atoms with Crippen LogP contribution in [0.1, 0.15) is 11.1 Å². The summed E-state index contributed by atoms with van der Waals surface area (Å²) in [5.74, 6) is 0.285. The number of hydrogen-bond acceptors (Lipinski definition) is 2. The van der Waals surface area contributed by atoms with Crippen molar-refractivity contribution in [3.05, 3.63) is 23.4 Å². The third-order valence-electron chi connectivity index (χ3n) is 1.28. The predicted molar refractivity (Wildman–Crippen MR) is 38.2 cm³/mol. The van der Waals surface area contributed by atoms with Crippen LogP contribution in [0.5, 0.6) is 0 Å². The first-order valence-corrected chi connectivity index (χ1v) is 3.01. The lowest BCUT2D eigenvalue weighted by Crippen LogP contribution is -1.95. The highest BCUT2D eigenvalue weighted by Gasteiger charge is 1.97. The summed E-state index contributed by atoms with van der Waals surface area (Å²) in [7, 11) is 0. The van der Waals surface area contributed by atoms with E-state index in [1.807, 2.05) is 6.92 Å². The van der Waals surface area contributed by atoms with E-state index in [2.05, 4.69) is 4.98 Å². The number of aryl methyl sites for hydroxylation is 1.